The minimum absolute atomic E-state index is 0.0151. The van der Waals surface area contributed by atoms with Crippen molar-refractivity contribution in [3.63, 3.8) is 0 Å². The molecule has 2 aliphatic heterocycles. The molecule has 1 amide bonds. The van der Waals surface area contributed by atoms with E-state index in [4.69, 9.17) is 4.98 Å². The number of carbonyl (C=O) groups is 1. The Bertz CT molecular complexity index is 826. The summed E-state index contributed by atoms with van der Waals surface area (Å²) in [7, 11) is 1.32. The summed E-state index contributed by atoms with van der Waals surface area (Å²) in [4.78, 5) is 22.9. The molecule has 9 nitrogen and oxygen atoms in total. The molecule has 0 aliphatic carbocycles. The number of anilines is 1. The van der Waals surface area contributed by atoms with Gasteiger partial charge in [-0.2, -0.15) is 17.0 Å². The molecule has 10 heteroatoms. The van der Waals surface area contributed by atoms with E-state index in [1.165, 1.54) is 8.61 Å². The number of hydrogen-bond acceptors (Lipinski definition) is 6. The standard InChI is InChI=1S/C17H28N6O3S/c1-12(24)22-10-8-13-14(11-22)19-17(20-16(13)18-2)15-7-5-6-9-23(15)27(25,26)21(3)4/h15H,5-11H2,1-4H3,(H,18,19,20)/t15-/m0/s1. The van der Waals surface area contributed by atoms with Gasteiger partial charge in [0, 0.05) is 46.7 Å². The van der Waals surface area contributed by atoms with Crippen LogP contribution in [0, 0.1) is 0 Å². The van der Waals surface area contributed by atoms with Crippen LogP contribution < -0.4 is 5.32 Å². The SMILES string of the molecule is CNc1nc([C@@H]2CCCCN2S(=O)(=O)N(C)C)nc2c1CCN(C(C)=O)C2. The molecule has 1 atom stereocenters. The zero-order valence-electron chi connectivity index (χ0n) is 16.4. The predicted octanol–water partition coefficient (Wildman–Crippen LogP) is 0.756. The van der Waals surface area contributed by atoms with Crippen molar-refractivity contribution >= 4 is 21.9 Å². The summed E-state index contributed by atoms with van der Waals surface area (Å²) in [6.45, 7) is 3.09. The van der Waals surface area contributed by atoms with Crippen molar-refractivity contribution in [2.45, 2.75) is 45.2 Å². The lowest BCUT2D eigenvalue weighted by atomic mass is 10.0. The highest BCUT2D eigenvalue weighted by molar-refractivity contribution is 7.86. The first-order valence-electron chi connectivity index (χ1n) is 9.28. The summed E-state index contributed by atoms with van der Waals surface area (Å²) >= 11 is 0. The first-order valence-corrected chi connectivity index (χ1v) is 10.7. The van der Waals surface area contributed by atoms with Crippen molar-refractivity contribution in [2.24, 2.45) is 0 Å². The van der Waals surface area contributed by atoms with Crippen LogP contribution >= 0.6 is 0 Å². The van der Waals surface area contributed by atoms with Crippen LogP contribution in [-0.4, -0.2) is 72.0 Å². The molecule has 3 rings (SSSR count). The van der Waals surface area contributed by atoms with E-state index in [9.17, 15) is 13.2 Å². The molecule has 1 fully saturated rings. The molecule has 2 aliphatic rings. The van der Waals surface area contributed by atoms with Gasteiger partial charge in [-0.3, -0.25) is 4.79 Å². The third kappa shape index (κ3) is 3.78. The Hall–Kier alpha value is -1.78. The zero-order chi connectivity index (χ0) is 19.8. The normalized spacial score (nSPS) is 21.2. The maximum absolute atomic E-state index is 12.8. The van der Waals surface area contributed by atoms with E-state index in [1.54, 1.807) is 33.0 Å². The number of piperidine rings is 1. The summed E-state index contributed by atoms with van der Waals surface area (Å²) in [6.07, 6.45) is 3.13. The lowest BCUT2D eigenvalue weighted by Crippen LogP contribution is -2.45. The van der Waals surface area contributed by atoms with E-state index in [0.29, 0.717) is 38.3 Å². The van der Waals surface area contributed by atoms with Gasteiger partial charge in [0.2, 0.25) is 5.91 Å². The van der Waals surface area contributed by atoms with Gasteiger partial charge in [0.05, 0.1) is 18.3 Å². The third-order valence-electron chi connectivity index (χ3n) is 5.27. The molecule has 0 aromatic carbocycles. The summed E-state index contributed by atoms with van der Waals surface area (Å²) in [6, 6.07) is -0.392. The van der Waals surface area contributed by atoms with Crippen molar-refractivity contribution in [1.29, 1.82) is 0 Å². The summed E-state index contributed by atoms with van der Waals surface area (Å²) in [5, 5.41) is 3.12. The molecule has 1 N–H and O–H groups in total. The quantitative estimate of drug-likeness (QED) is 0.807. The van der Waals surface area contributed by atoms with Gasteiger partial charge in [0.1, 0.15) is 11.6 Å². The van der Waals surface area contributed by atoms with Crippen LogP contribution in [0.2, 0.25) is 0 Å². The Kier molecular flexibility index (Phi) is 5.68. The van der Waals surface area contributed by atoms with Crippen LogP contribution in [0.1, 0.15) is 49.3 Å². The maximum Gasteiger partial charge on any atom is 0.282 e. The first-order chi connectivity index (χ1) is 12.8. The van der Waals surface area contributed by atoms with Crippen LogP contribution in [0.15, 0.2) is 0 Å². The summed E-state index contributed by atoms with van der Waals surface area (Å²) in [5.41, 5.74) is 1.81. The van der Waals surface area contributed by atoms with E-state index in [-0.39, 0.29) is 5.91 Å². The molecule has 0 spiro atoms. The number of nitrogens with zero attached hydrogens (tertiary/aromatic N) is 5. The molecule has 1 saturated heterocycles. The fraction of sp³-hybridized carbons (Fsp3) is 0.706. The van der Waals surface area contributed by atoms with Gasteiger partial charge >= 0.3 is 0 Å². The largest absolute Gasteiger partial charge is 0.373 e. The van der Waals surface area contributed by atoms with Gasteiger partial charge in [-0.25, -0.2) is 9.97 Å². The molecule has 1 aromatic rings. The highest BCUT2D eigenvalue weighted by Crippen LogP contribution is 2.34. The van der Waals surface area contributed by atoms with E-state index in [2.05, 4.69) is 10.3 Å². The second kappa shape index (κ2) is 7.69. The fourth-order valence-electron chi connectivity index (χ4n) is 3.72. The molecule has 0 saturated carbocycles. The van der Waals surface area contributed by atoms with Gasteiger partial charge in [-0.15, -0.1) is 0 Å². The number of nitrogens with one attached hydrogen (secondary N) is 1. The number of carbonyl (C=O) groups excluding carboxylic acids is 1. The highest BCUT2D eigenvalue weighted by atomic mass is 32.2. The summed E-state index contributed by atoms with van der Waals surface area (Å²) < 4.78 is 28.3. The van der Waals surface area contributed by atoms with Gasteiger partial charge in [0.25, 0.3) is 10.2 Å². The lowest BCUT2D eigenvalue weighted by molar-refractivity contribution is -0.129. The Morgan fingerprint density at radius 1 is 1.22 bits per heavy atom. The van der Waals surface area contributed by atoms with Gasteiger partial charge in [0.15, 0.2) is 0 Å². The van der Waals surface area contributed by atoms with Crippen molar-refractivity contribution in [3.8, 4) is 0 Å². The second-order valence-electron chi connectivity index (χ2n) is 7.21. The van der Waals surface area contributed by atoms with E-state index < -0.39 is 16.3 Å². The predicted molar refractivity (Wildman–Crippen MR) is 102 cm³/mol. The van der Waals surface area contributed by atoms with Crippen molar-refractivity contribution in [3.05, 3.63) is 17.1 Å². The Balaban J connectivity index is 2.03. The smallest absolute Gasteiger partial charge is 0.282 e. The third-order valence-corrected chi connectivity index (χ3v) is 7.23. The molecule has 27 heavy (non-hydrogen) atoms. The summed E-state index contributed by atoms with van der Waals surface area (Å²) in [5.74, 6) is 1.25. The topological polar surface area (TPSA) is 98.7 Å². The lowest BCUT2D eigenvalue weighted by Gasteiger charge is -2.36. The molecule has 1 aromatic heterocycles. The van der Waals surface area contributed by atoms with Gasteiger partial charge in [-0.1, -0.05) is 6.42 Å². The van der Waals surface area contributed by atoms with E-state index in [0.717, 1.165) is 29.9 Å². The van der Waals surface area contributed by atoms with Crippen LogP contribution in [0.5, 0.6) is 0 Å². The number of amides is 1. The minimum atomic E-state index is -3.56. The average Bonchev–Trinajstić information content (AvgIpc) is 2.66. The average molecular weight is 397 g/mol. The van der Waals surface area contributed by atoms with Crippen LogP contribution in [0.4, 0.5) is 5.82 Å². The van der Waals surface area contributed by atoms with E-state index >= 15 is 0 Å². The Morgan fingerprint density at radius 3 is 2.59 bits per heavy atom. The second-order valence-corrected chi connectivity index (χ2v) is 9.30. The molecule has 0 bridgehead atoms. The number of fused-ring (bicyclic) bond motifs is 1. The van der Waals surface area contributed by atoms with Crippen LogP contribution in [0.3, 0.4) is 0 Å². The monoisotopic (exact) mass is 396 g/mol. The van der Waals surface area contributed by atoms with Gasteiger partial charge in [-0.05, 0) is 19.3 Å². The number of aromatic nitrogens is 2. The Morgan fingerprint density at radius 2 is 1.96 bits per heavy atom. The first kappa shape index (κ1) is 20.0. The van der Waals surface area contributed by atoms with Gasteiger partial charge < -0.3 is 10.2 Å². The zero-order valence-corrected chi connectivity index (χ0v) is 17.2. The highest BCUT2D eigenvalue weighted by Gasteiger charge is 2.37. The molecule has 3 heterocycles. The van der Waals surface area contributed by atoms with E-state index in [1.807, 2.05) is 0 Å². The number of hydrogen-bond donors (Lipinski definition) is 1. The Labute approximate surface area is 160 Å². The number of rotatable bonds is 4. The van der Waals surface area contributed by atoms with Crippen LogP contribution in [-0.2, 0) is 28.0 Å². The molecule has 0 radical (unpaired) electrons. The molecular formula is C17H28N6O3S. The molecule has 0 unspecified atom stereocenters. The maximum atomic E-state index is 12.8. The van der Waals surface area contributed by atoms with Crippen LogP contribution in [0.25, 0.3) is 0 Å². The van der Waals surface area contributed by atoms with Crippen molar-refractivity contribution in [1.82, 2.24) is 23.5 Å². The van der Waals surface area contributed by atoms with Crippen molar-refractivity contribution < 1.29 is 13.2 Å². The minimum Gasteiger partial charge on any atom is -0.373 e. The fourth-order valence-corrected chi connectivity index (χ4v) is 5.02. The molecule has 150 valence electrons. The van der Waals surface area contributed by atoms with Crippen molar-refractivity contribution in [2.75, 3.05) is 39.5 Å². The molecular weight excluding hydrogens is 368 g/mol.